The molecule has 3 rings (SSSR count). The van der Waals surface area contributed by atoms with E-state index in [0.717, 1.165) is 18.2 Å². The van der Waals surface area contributed by atoms with Gasteiger partial charge in [0.1, 0.15) is 29.4 Å². The second kappa shape index (κ2) is 6.30. The fraction of sp³-hybridized carbons (Fsp3) is 0.0667. The zero-order valence-electron chi connectivity index (χ0n) is 11.9. The lowest BCUT2D eigenvalue weighted by molar-refractivity contribution is 0.518. The quantitative estimate of drug-likeness (QED) is 0.669. The number of nitrogens with two attached hydrogens (primary N) is 1. The zero-order chi connectivity index (χ0) is 16.2. The van der Waals surface area contributed by atoms with Crippen LogP contribution in [0.2, 0.25) is 0 Å². The number of halogens is 2. The Balaban J connectivity index is 1.80. The SMILES string of the molecule is Nc1c(NCc2ccco2)ncnc1Nc1cc(F)ccc1F. The largest absolute Gasteiger partial charge is 0.467 e. The Hall–Kier alpha value is -3.16. The third-order valence-corrected chi connectivity index (χ3v) is 3.08. The van der Waals surface area contributed by atoms with E-state index in [-0.39, 0.29) is 17.2 Å². The number of nitrogens with one attached hydrogen (secondary N) is 2. The molecule has 0 spiro atoms. The second-order valence-corrected chi connectivity index (χ2v) is 4.67. The molecule has 0 bridgehead atoms. The molecule has 0 aliphatic heterocycles. The van der Waals surface area contributed by atoms with Crippen molar-refractivity contribution in [1.29, 1.82) is 0 Å². The molecule has 0 amide bonds. The summed E-state index contributed by atoms with van der Waals surface area (Å²) in [5, 5.41) is 5.65. The lowest BCUT2D eigenvalue weighted by atomic mass is 10.3. The second-order valence-electron chi connectivity index (χ2n) is 4.67. The van der Waals surface area contributed by atoms with Gasteiger partial charge in [-0.1, -0.05) is 0 Å². The van der Waals surface area contributed by atoms with Crippen LogP contribution in [0.5, 0.6) is 0 Å². The van der Waals surface area contributed by atoms with Crippen molar-refractivity contribution in [3.05, 3.63) is 60.3 Å². The van der Waals surface area contributed by atoms with Crippen LogP contribution in [-0.4, -0.2) is 9.97 Å². The third kappa shape index (κ3) is 3.37. The lowest BCUT2D eigenvalue weighted by Gasteiger charge is -2.12. The van der Waals surface area contributed by atoms with E-state index in [4.69, 9.17) is 10.2 Å². The number of nitrogens with zero attached hydrogens (tertiary/aromatic N) is 2. The van der Waals surface area contributed by atoms with E-state index in [1.165, 1.54) is 6.33 Å². The van der Waals surface area contributed by atoms with Crippen LogP contribution in [0.1, 0.15) is 5.76 Å². The molecule has 1 aromatic carbocycles. The van der Waals surface area contributed by atoms with E-state index >= 15 is 0 Å². The van der Waals surface area contributed by atoms with Gasteiger partial charge in [-0.25, -0.2) is 18.7 Å². The molecule has 118 valence electrons. The Kier molecular flexibility index (Phi) is 4.05. The number of anilines is 4. The molecule has 4 N–H and O–H groups in total. The van der Waals surface area contributed by atoms with E-state index in [1.54, 1.807) is 18.4 Å². The number of hydrogen-bond acceptors (Lipinski definition) is 6. The summed E-state index contributed by atoms with van der Waals surface area (Å²) in [6.45, 7) is 0.377. The molecule has 0 radical (unpaired) electrons. The number of nitrogen functional groups attached to an aromatic ring is 1. The normalized spacial score (nSPS) is 10.5. The van der Waals surface area contributed by atoms with Gasteiger partial charge in [0.15, 0.2) is 11.6 Å². The maximum absolute atomic E-state index is 13.7. The van der Waals surface area contributed by atoms with Crippen LogP contribution < -0.4 is 16.4 Å². The monoisotopic (exact) mass is 317 g/mol. The van der Waals surface area contributed by atoms with Crippen molar-refractivity contribution in [1.82, 2.24) is 9.97 Å². The van der Waals surface area contributed by atoms with Crippen molar-refractivity contribution in [2.75, 3.05) is 16.4 Å². The van der Waals surface area contributed by atoms with Crippen molar-refractivity contribution in [3.8, 4) is 0 Å². The van der Waals surface area contributed by atoms with Gasteiger partial charge in [-0.2, -0.15) is 0 Å². The topological polar surface area (TPSA) is 89.0 Å². The van der Waals surface area contributed by atoms with E-state index in [9.17, 15) is 8.78 Å². The Labute approximate surface area is 130 Å². The summed E-state index contributed by atoms with van der Waals surface area (Å²) in [6, 6.07) is 6.63. The minimum absolute atomic E-state index is 0.0626. The van der Waals surface area contributed by atoms with E-state index in [2.05, 4.69) is 20.6 Å². The molecule has 2 aromatic heterocycles. The van der Waals surface area contributed by atoms with Crippen LogP contribution in [0.15, 0.2) is 47.3 Å². The molecule has 6 nitrogen and oxygen atoms in total. The molecule has 8 heteroatoms. The van der Waals surface area contributed by atoms with Gasteiger partial charge in [-0.05, 0) is 24.3 Å². The first-order chi connectivity index (χ1) is 11.1. The summed E-state index contributed by atoms with van der Waals surface area (Å²) in [5.41, 5.74) is 6.08. The highest BCUT2D eigenvalue weighted by molar-refractivity contribution is 5.77. The summed E-state index contributed by atoms with van der Waals surface area (Å²) in [5.74, 6) is 0.0445. The predicted octanol–water partition coefficient (Wildman–Crippen LogP) is 3.29. The van der Waals surface area contributed by atoms with Crippen molar-refractivity contribution in [2.45, 2.75) is 6.54 Å². The summed E-state index contributed by atoms with van der Waals surface area (Å²) < 4.78 is 32.1. The highest BCUT2D eigenvalue weighted by atomic mass is 19.1. The minimum atomic E-state index is -0.616. The van der Waals surface area contributed by atoms with Gasteiger partial charge in [0.2, 0.25) is 0 Å². The predicted molar refractivity (Wildman–Crippen MR) is 82.1 cm³/mol. The fourth-order valence-corrected chi connectivity index (χ4v) is 1.94. The first-order valence-electron chi connectivity index (χ1n) is 6.72. The van der Waals surface area contributed by atoms with Crippen molar-refractivity contribution in [2.24, 2.45) is 0 Å². The van der Waals surface area contributed by atoms with Gasteiger partial charge in [0.05, 0.1) is 18.5 Å². The molecule has 0 aliphatic carbocycles. The number of hydrogen-bond donors (Lipinski definition) is 3. The van der Waals surface area contributed by atoms with Crippen molar-refractivity contribution >= 4 is 23.0 Å². The highest BCUT2D eigenvalue weighted by Gasteiger charge is 2.11. The first-order valence-corrected chi connectivity index (χ1v) is 6.72. The van der Waals surface area contributed by atoms with Gasteiger partial charge >= 0.3 is 0 Å². The van der Waals surface area contributed by atoms with E-state index < -0.39 is 11.6 Å². The van der Waals surface area contributed by atoms with Crippen molar-refractivity contribution < 1.29 is 13.2 Å². The van der Waals surface area contributed by atoms with Gasteiger partial charge in [0.25, 0.3) is 0 Å². The number of furan rings is 1. The van der Waals surface area contributed by atoms with Gasteiger partial charge in [-0.3, -0.25) is 0 Å². The Morgan fingerprint density at radius 2 is 1.96 bits per heavy atom. The van der Waals surface area contributed by atoms with Gasteiger partial charge < -0.3 is 20.8 Å². The summed E-state index contributed by atoms with van der Waals surface area (Å²) >= 11 is 0. The highest BCUT2D eigenvalue weighted by Crippen LogP contribution is 2.27. The van der Waals surface area contributed by atoms with Crippen LogP contribution in [-0.2, 0) is 6.54 Å². The molecule has 0 atom stereocenters. The van der Waals surface area contributed by atoms with Crippen LogP contribution >= 0.6 is 0 Å². The first kappa shape index (κ1) is 14.8. The standard InChI is InChI=1S/C15H13F2N5O/c16-9-3-4-11(17)12(6-9)22-15-13(18)14(20-8-21-15)19-7-10-2-1-5-23-10/h1-6,8H,7,18H2,(H2,19,20,21,22). The maximum atomic E-state index is 13.7. The Morgan fingerprint density at radius 3 is 2.74 bits per heavy atom. The molecule has 0 aliphatic rings. The number of benzene rings is 1. The molecular weight excluding hydrogens is 304 g/mol. The van der Waals surface area contributed by atoms with Crippen LogP contribution in [0, 0.1) is 11.6 Å². The molecule has 0 fully saturated rings. The van der Waals surface area contributed by atoms with Gasteiger partial charge in [-0.15, -0.1) is 0 Å². The molecule has 2 heterocycles. The number of aromatic nitrogens is 2. The molecule has 0 unspecified atom stereocenters. The Morgan fingerprint density at radius 1 is 1.13 bits per heavy atom. The summed E-state index contributed by atoms with van der Waals surface area (Å²) in [7, 11) is 0. The van der Waals surface area contributed by atoms with Crippen LogP contribution in [0.4, 0.5) is 31.8 Å². The molecule has 3 aromatic rings. The van der Waals surface area contributed by atoms with Gasteiger partial charge in [0, 0.05) is 6.07 Å². The lowest BCUT2D eigenvalue weighted by Crippen LogP contribution is -2.08. The maximum Gasteiger partial charge on any atom is 0.159 e. The average molecular weight is 317 g/mol. The summed E-state index contributed by atoms with van der Waals surface area (Å²) in [6.07, 6.45) is 2.82. The average Bonchev–Trinajstić information content (AvgIpc) is 3.05. The minimum Gasteiger partial charge on any atom is -0.467 e. The van der Waals surface area contributed by atoms with Crippen molar-refractivity contribution in [3.63, 3.8) is 0 Å². The molecular formula is C15H13F2N5O. The van der Waals surface area contributed by atoms with Crippen LogP contribution in [0.3, 0.4) is 0 Å². The van der Waals surface area contributed by atoms with E-state index in [0.29, 0.717) is 18.1 Å². The van der Waals surface area contributed by atoms with Crippen LogP contribution in [0.25, 0.3) is 0 Å². The summed E-state index contributed by atoms with van der Waals surface area (Å²) in [4.78, 5) is 7.97. The van der Waals surface area contributed by atoms with E-state index in [1.807, 2.05) is 0 Å². The Bertz CT molecular complexity index is 808. The molecule has 0 saturated heterocycles. The number of rotatable bonds is 5. The fourth-order valence-electron chi connectivity index (χ4n) is 1.94. The molecule has 23 heavy (non-hydrogen) atoms. The third-order valence-electron chi connectivity index (χ3n) is 3.08. The zero-order valence-corrected chi connectivity index (χ0v) is 11.9. The molecule has 0 saturated carbocycles. The smallest absolute Gasteiger partial charge is 0.159 e.